The Kier molecular flexibility index (Phi) is 4.39. The summed E-state index contributed by atoms with van der Waals surface area (Å²) in [6.45, 7) is 5.38. The number of nitrogens with one attached hydrogen (secondary N) is 1. The fourth-order valence-electron chi connectivity index (χ4n) is 3.52. The van der Waals surface area contributed by atoms with Crippen molar-refractivity contribution in [2.75, 3.05) is 0 Å². The van der Waals surface area contributed by atoms with Gasteiger partial charge in [-0.15, -0.1) is 0 Å². The fraction of sp³-hybridized carbons (Fsp3) is 0.261. The predicted octanol–water partition coefficient (Wildman–Crippen LogP) is 3.95. The Morgan fingerprint density at radius 1 is 1.17 bits per heavy atom. The number of carbonyl (C=O) groups is 2. The number of H-pyrrole nitrogens is 1. The van der Waals surface area contributed by atoms with Crippen LogP contribution in [-0.2, 0) is 16.0 Å². The standard InChI is InChI=1S/C23H20N2O4/c1-23(2,3)29-22(28)25-19-9-8-14(13-26)10-16(19)12-20(25)17-11-15-6-4-5-7-18(15)24-21(17)27/h6-7,10-13H,8-9H2,1-3H3,(H,24,27). The van der Waals surface area contributed by atoms with Gasteiger partial charge < -0.3 is 9.72 Å². The third-order valence-corrected chi connectivity index (χ3v) is 4.76. The van der Waals surface area contributed by atoms with Gasteiger partial charge in [-0.05, 0) is 69.0 Å². The maximum absolute atomic E-state index is 13.0. The minimum atomic E-state index is -0.690. The lowest BCUT2D eigenvalue weighted by atomic mass is 9.98. The summed E-state index contributed by atoms with van der Waals surface area (Å²) in [6, 6.07) is 3.49. The van der Waals surface area contributed by atoms with Crippen molar-refractivity contribution in [3.05, 3.63) is 62.0 Å². The van der Waals surface area contributed by atoms with Crippen molar-refractivity contribution >= 4 is 30.6 Å². The third-order valence-electron chi connectivity index (χ3n) is 4.76. The number of aromatic amines is 1. The Labute approximate surface area is 167 Å². The highest BCUT2D eigenvalue weighted by atomic mass is 16.6. The summed E-state index contributed by atoms with van der Waals surface area (Å²) in [5.41, 5.74) is 8.99. The average Bonchev–Trinajstić information content (AvgIpc) is 3.04. The summed E-state index contributed by atoms with van der Waals surface area (Å²) in [4.78, 5) is 39.9. The number of nitrogens with zero attached hydrogens (tertiary/aromatic N) is 1. The first-order valence-corrected chi connectivity index (χ1v) is 9.36. The van der Waals surface area contributed by atoms with Crippen LogP contribution in [0.3, 0.4) is 0 Å². The summed E-state index contributed by atoms with van der Waals surface area (Å²) in [7, 11) is 0. The van der Waals surface area contributed by atoms with E-state index in [1.807, 2.05) is 0 Å². The second kappa shape index (κ2) is 6.78. The van der Waals surface area contributed by atoms with Gasteiger partial charge in [0.15, 0.2) is 0 Å². The first-order valence-electron chi connectivity index (χ1n) is 9.36. The van der Waals surface area contributed by atoms with Crippen LogP contribution in [0.2, 0.25) is 0 Å². The number of allylic oxidation sites excluding steroid dienone is 1. The van der Waals surface area contributed by atoms with Gasteiger partial charge in [-0.3, -0.25) is 9.59 Å². The zero-order chi connectivity index (χ0) is 20.8. The van der Waals surface area contributed by atoms with E-state index in [1.54, 1.807) is 51.1 Å². The minimum absolute atomic E-state index is 0.323. The largest absolute Gasteiger partial charge is 0.443 e. The summed E-state index contributed by atoms with van der Waals surface area (Å²) in [6.07, 6.45) is 6.44. The molecular weight excluding hydrogens is 368 g/mol. The van der Waals surface area contributed by atoms with Crippen LogP contribution < -0.4 is 5.56 Å². The van der Waals surface area contributed by atoms with Gasteiger partial charge in [0.1, 0.15) is 11.9 Å². The lowest BCUT2D eigenvalue weighted by Gasteiger charge is -2.22. The lowest BCUT2D eigenvalue weighted by molar-refractivity contribution is -0.105. The maximum atomic E-state index is 13.0. The molecule has 0 radical (unpaired) electrons. The number of ether oxygens (including phenoxy) is 1. The van der Waals surface area contributed by atoms with Gasteiger partial charge in [-0.1, -0.05) is 11.5 Å². The Balaban J connectivity index is 1.94. The number of aromatic nitrogens is 2. The van der Waals surface area contributed by atoms with Gasteiger partial charge in [0, 0.05) is 17.3 Å². The monoisotopic (exact) mass is 388 g/mol. The van der Waals surface area contributed by atoms with Gasteiger partial charge in [0.2, 0.25) is 0 Å². The molecule has 2 aliphatic rings. The Bertz CT molecular complexity index is 1230. The van der Waals surface area contributed by atoms with Crippen molar-refractivity contribution in [2.45, 2.75) is 39.2 Å². The van der Waals surface area contributed by atoms with Gasteiger partial charge in [0.05, 0.1) is 17.0 Å². The number of hydrogen-bond donors (Lipinski definition) is 1. The van der Waals surface area contributed by atoms with E-state index in [0.717, 1.165) is 23.1 Å². The van der Waals surface area contributed by atoms with Crippen molar-refractivity contribution in [3.63, 3.8) is 0 Å². The fourth-order valence-corrected chi connectivity index (χ4v) is 3.52. The molecule has 2 heterocycles. The topological polar surface area (TPSA) is 81.2 Å². The molecular formula is C23H20N2O4. The average molecular weight is 388 g/mol. The molecule has 2 aliphatic carbocycles. The summed E-state index contributed by atoms with van der Waals surface area (Å²) < 4.78 is 7.05. The molecule has 0 amide bonds. The Hall–Kier alpha value is -3.59. The zero-order valence-corrected chi connectivity index (χ0v) is 16.5. The van der Waals surface area contributed by atoms with Crippen LogP contribution in [0.15, 0.2) is 34.0 Å². The molecule has 1 N–H and O–H groups in total. The van der Waals surface area contributed by atoms with Crippen LogP contribution >= 0.6 is 0 Å². The number of rotatable bonds is 2. The van der Waals surface area contributed by atoms with Crippen molar-refractivity contribution in [1.29, 1.82) is 0 Å². The summed E-state index contributed by atoms with van der Waals surface area (Å²) in [5, 5.41) is 0. The molecule has 29 heavy (non-hydrogen) atoms. The van der Waals surface area contributed by atoms with Crippen LogP contribution in [0.25, 0.3) is 29.5 Å². The third kappa shape index (κ3) is 3.47. The smallest absolute Gasteiger partial charge is 0.419 e. The SMILES string of the molecule is CC(C)(C)OC(=O)n1c(-c2cc3c([nH]c2=O)C=C=C=C3)cc2c1CCC(C=O)=C2. The van der Waals surface area contributed by atoms with E-state index in [4.69, 9.17) is 4.74 Å². The molecule has 0 unspecified atom stereocenters. The van der Waals surface area contributed by atoms with E-state index < -0.39 is 11.7 Å². The zero-order valence-electron chi connectivity index (χ0n) is 16.5. The van der Waals surface area contributed by atoms with E-state index >= 15 is 0 Å². The molecule has 2 aromatic rings. The van der Waals surface area contributed by atoms with E-state index in [1.165, 1.54) is 4.57 Å². The Morgan fingerprint density at radius 3 is 2.66 bits per heavy atom. The molecule has 6 heteroatoms. The van der Waals surface area contributed by atoms with E-state index in [-0.39, 0.29) is 5.56 Å². The van der Waals surface area contributed by atoms with Crippen LogP contribution in [0.1, 0.15) is 49.7 Å². The molecule has 6 nitrogen and oxygen atoms in total. The van der Waals surface area contributed by atoms with E-state index in [9.17, 15) is 14.4 Å². The van der Waals surface area contributed by atoms with E-state index in [2.05, 4.69) is 16.4 Å². The maximum Gasteiger partial charge on any atom is 0.419 e. The van der Waals surface area contributed by atoms with Crippen LogP contribution in [0.4, 0.5) is 4.79 Å². The van der Waals surface area contributed by atoms with Crippen molar-refractivity contribution in [2.24, 2.45) is 0 Å². The van der Waals surface area contributed by atoms with Crippen molar-refractivity contribution in [1.82, 2.24) is 9.55 Å². The Morgan fingerprint density at radius 2 is 1.93 bits per heavy atom. The first kappa shape index (κ1) is 18.8. The molecule has 0 spiro atoms. The molecule has 0 saturated heterocycles. The number of aldehydes is 1. The van der Waals surface area contributed by atoms with Gasteiger partial charge in [-0.2, -0.15) is 0 Å². The number of hydrogen-bond acceptors (Lipinski definition) is 4. The number of pyridine rings is 1. The molecule has 0 aromatic carbocycles. The normalized spacial score (nSPS) is 14.2. The quantitative estimate of drug-likeness (QED) is 0.532. The second-order valence-electron chi connectivity index (χ2n) is 8.04. The summed E-state index contributed by atoms with van der Waals surface area (Å²) >= 11 is 0. The highest BCUT2D eigenvalue weighted by Gasteiger charge is 2.28. The van der Waals surface area contributed by atoms with E-state index in [0.29, 0.717) is 35.4 Å². The molecule has 0 aliphatic heterocycles. The summed E-state index contributed by atoms with van der Waals surface area (Å²) in [5.74, 6) is 0. The first-order chi connectivity index (χ1) is 13.8. The molecule has 0 fully saturated rings. The highest BCUT2D eigenvalue weighted by molar-refractivity contribution is 5.88. The van der Waals surface area contributed by atoms with Gasteiger partial charge in [-0.25, -0.2) is 9.36 Å². The second-order valence-corrected chi connectivity index (χ2v) is 8.04. The number of fused-ring (bicyclic) bond motifs is 2. The molecule has 2 aromatic heterocycles. The van der Waals surface area contributed by atoms with Gasteiger partial charge in [0.25, 0.3) is 5.56 Å². The van der Waals surface area contributed by atoms with Crippen LogP contribution in [0, 0.1) is 0 Å². The van der Waals surface area contributed by atoms with Crippen LogP contribution in [-0.4, -0.2) is 27.5 Å². The number of carbonyl (C=O) groups excluding carboxylic acids is 2. The molecule has 0 saturated carbocycles. The van der Waals surface area contributed by atoms with Crippen molar-refractivity contribution < 1.29 is 14.3 Å². The molecule has 0 atom stereocenters. The van der Waals surface area contributed by atoms with Crippen LogP contribution in [0.5, 0.6) is 0 Å². The molecule has 0 bridgehead atoms. The highest BCUT2D eigenvalue weighted by Crippen LogP contribution is 2.32. The van der Waals surface area contributed by atoms with Crippen molar-refractivity contribution in [3.8, 4) is 11.3 Å². The molecule has 146 valence electrons. The lowest BCUT2D eigenvalue weighted by Crippen LogP contribution is -2.29. The van der Waals surface area contributed by atoms with Gasteiger partial charge >= 0.3 is 6.09 Å². The molecule has 4 rings (SSSR count). The predicted molar refractivity (Wildman–Crippen MR) is 110 cm³/mol. The minimum Gasteiger partial charge on any atom is -0.443 e.